The Morgan fingerprint density at radius 2 is 1.48 bits per heavy atom. The van der Waals surface area contributed by atoms with Crippen molar-refractivity contribution in [2.45, 2.75) is 57.3 Å². The molecular formula is C25H32OSi. The maximum atomic E-state index is 6.92. The van der Waals surface area contributed by atoms with E-state index in [1.807, 2.05) is 42.5 Å². The number of benzene rings is 2. The van der Waals surface area contributed by atoms with Crippen LogP contribution in [-0.2, 0) is 10.8 Å². The van der Waals surface area contributed by atoms with Gasteiger partial charge in [-0.2, -0.15) is 0 Å². The van der Waals surface area contributed by atoms with Crippen LogP contribution in [0.3, 0.4) is 0 Å². The van der Waals surface area contributed by atoms with Crippen LogP contribution in [0.4, 0.5) is 0 Å². The fourth-order valence-electron chi connectivity index (χ4n) is 3.58. The summed E-state index contributed by atoms with van der Waals surface area (Å²) in [4.78, 5) is 0. The molecule has 0 amide bonds. The summed E-state index contributed by atoms with van der Waals surface area (Å²) in [6.07, 6.45) is 2.74. The molecule has 1 nitrogen and oxygen atoms in total. The number of allylic oxidation sites excluding steroid dienone is 1. The predicted octanol–water partition coefficient (Wildman–Crippen LogP) is 6.62. The average molecular weight is 377 g/mol. The van der Waals surface area contributed by atoms with Crippen LogP contribution < -0.4 is 0 Å². The molecule has 0 aliphatic heterocycles. The smallest absolute Gasteiger partial charge is 0.203 e. The highest BCUT2D eigenvalue weighted by atomic mass is 28.4. The predicted molar refractivity (Wildman–Crippen MR) is 119 cm³/mol. The summed E-state index contributed by atoms with van der Waals surface area (Å²) in [6.45, 7) is 13.2. The molecule has 2 rings (SSSR count). The fourth-order valence-corrected chi connectivity index (χ4v) is 7.62. The first kappa shape index (κ1) is 21.2. The first-order chi connectivity index (χ1) is 13.0. The van der Waals surface area contributed by atoms with Crippen LogP contribution in [0, 0.1) is 11.8 Å². The van der Waals surface area contributed by atoms with Gasteiger partial charge < -0.3 is 4.43 Å². The zero-order valence-electron chi connectivity index (χ0n) is 17.1. The van der Waals surface area contributed by atoms with E-state index in [0.717, 1.165) is 18.0 Å². The zero-order valence-corrected chi connectivity index (χ0v) is 18.1. The van der Waals surface area contributed by atoms with E-state index in [9.17, 15) is 0 Å². The molecule has 0 bridgehead atoms. The van der Waals surface area contributed by atoms with Gasteiger partial charge in [-0.05, 0) is 34.8 Å². The first-order valence-electron chi connectivity index (χ1n) is 9.87. The molecule has 2 aromatic carbocycles. The van der Waals surface area contributed by atoms with Crippen molar-refractivity contribution in [3.63, 3.8) is 0 Å². The van der Waals surface area contributed by atoms with Crippen molar-refractivity contribution >= 4 is 8.32 Å². The Labute approximate surface area is 166 Å². The van der Waals surface area contributed by atoms with E-state index in [2.05, 4.69) is 70.4 Å². The van der Waals surface area contributed by atoms with Crippen molar-refractivity contribution in [2.24, 2.45) is 0 Å². The third-order valence-electron chi connectivity index (χ3n) is 5.19. The van der Waals surface area contributed by atoms with Crippen molar-refractivity contribution < 1.29 is 4.43 Å². The molecule has 0 aromatic heterocycles. The third-order valence-corrected chi connectivity index (χ3v) is 10.8. The Hall–Kier alpha value is -2.08. The standard InChI is InChI=1S/C25H32OSi/c1-6-19-27(21(2)3,22(4)5)26-25(20-24-15-11-8-12-16-24)18-17-23-13-9-7-10-14-23/h6-16,21-22,25H,1,19-20H2,2-5H3. The maximum absolute atomic E-state index is 6.92. The Morgan fingerprint density at radius 1 is 0.926 bits per heavy atom. The lowest BCUT2D eigenvalue weighted by Gasteiger charge is -2.40. The van der Waals surface area contributed by atoms with Crippen molar-refractivity contribution in [2.75, 3.05) is 0 Å². The lowest BCUT2D eigenvalue weighted by Crippen LogP contribution is -2.47. The summed E-state index contributed by atoms with van der Waals surface area (Å²) < 4.78 is 6.92. The maximum Gasteiger partial charge on any atom is 0.203 e. The minimum Gasteiger partial charge on any atom is -0.402 e. The Balaban J connectivity index is 2.35. The van der Waals surface area contributed by atoms with Crippen molar-refractivity contribution in [3.8, 4) is 11.8 Å². The molecule has 0 spiro atoms. The van der Waals surface area contributed by atoms with Crippen molar-refractivity contribution in [1.82, 2.24) is 0 Å². The highest BCUT2D eigenvalue weighted by Crippen LogP contribution is 2.38. The SMILES string of the molecule is C=CC[Si](OC(C#Cc1ccccc1)Cc1ccccc1)(C(C)C)C(C)C. The van der Waals surface area contributed by atoms with Gasteiger partial charge in [0, 0.05) is 12.0 Å². The molecule has 0 radical (unpaired) electrons. The summed E-state index contributed by atoms with van der Waals surface area (Å²) in [5, 5.41) is 0. The lowest BCUT2D eigenvalue weighted by atomic mass is 10.1. The summed E-state index contributed by atoms with van der Waals surface area (Å²) in [7, 11) is -2.03. The minimum absolute atomic E-state index is 0.107. The normalized spacial score (nSPS) is 12.5. The molecule has 0 aliphatic carbocycles. The molecule has 0 aliphatic rings. The quantitative estimate of drug-likeness (QED) is 0.286. The topological polar surface area (TPSA) is 9.23 Å². The summed E-state index contributed by atoms with van der Waals surface area (Å²) >= 11 is 0. The van der Waals surface area contributed by atoms with E-state index < -0.39 is 8.32 Å². The average Bonchev–Trinajstić information content (AvgIpc) is 2.67. The van der Waals surface area contributed by atoms with Crippen LogP contribution in [0.1, 0.15) is 38.8 Å². The van der Waals surface area contributed by atoms with Crippen LogP contribution in [0.2, 0.25) is 17.1 Å². The lowest BCUT2D eigenvalue weighted by molar-refractivity contribution is 0.232. The molecule has 1 unspecified atom stereocenters. The summed E-state index contributed by atoms with van der Waals surface area (Å²) in [5.74, 6) is 6.77. The second-order valence-corrected chi connectivity index (χ2v) is 12.6. The number of hydrogen-bond acceptors (Lipinski definition) is 1. The monoisotopic (exact) mass is 376 g/mol. The van der Waals surface area contributed by atoms with E-state index in [1.54, 1.807) is 0 Å². The van der Waals surface area contributed by atoms with Crippen LogP contribution >= 0.6 is 0 Å². The van der Waals surface area contributed by atoms with Gasteiger partial charge in [0.05, 0.1) is 0 Å². The molecule has 0 saturated carbocycles. The molecule has 27 heavy (non-hydrogen) atoms. The first-order valence-corrected chi connectivity index (χ1v) is 12.1. The molecule has 0 fully saturated rings. The molecule has 2 heteroatoms. The van der Waals surface area contributed by atoms with Crippen LogP contribution in [0.15, 0.2) is 73.3 Å². The van der Waals surface area contributed by atoms with E-state index in [-0.39, 0.29) is 6.10 Å². The second kappa shape index (κ2) is 10.3. The molecule has 0 heterocycles. The van der Waals surface area contributed by atoms with Gasteiger partial charge in [-0.25, -0.2) is 0 Å². The van der Waals surface area contributed by atoms with E-state index in [0.29, 0.717) is 11.1 Å². The fraction of sp³-hybridized carbons (Fsp3) is 0.360. The van der Waals surface area contributed by atoms with Gasteiger partial charge in [-0.15, -0.1) is 6.58 Å². The Bertz CT molecular complexity index is 745. The molecular weight excluding hydrogens is 344 g/mol. The van der Waals surface area contributed by atoms with E-state index >= 15 is 0 Å². The van der Waals surface area contributed by atoms with E-state index in [4.69, 9.17) is 4.43 Å². The highest BCUT2D eigenvalue weighted by molar-refractivity contribution is 6.76. The van der Waals surface area contributed by atoms with Crippen LogP contribution in [-0.4, -0.2) is 14.4 Å². The molecule has 1 atom stereocenters. The zero-order chi connectivity index (χ0) is 19.7. The molecule has 0 saturated heterocycles. The second-order valence-electron chi connectivity index (χ2n) is 7.69. The van der Waals surface area contributed by atoms with Crippen molar-refractivity contribution in [3.05, 3.63) is 84.4 Å². The van der Waals surface area contributed by atoms with Gasteiger partial charge >= 0.3 is 0 Å². The minimum atomic E-state index is -2.03. The summed E-state index contributed by atoms with van der Waals surface area (Å²) in [6, 6.07) is 21.6. The van der Waals surface area contributed by atoms with Gasteiger partial charge in [0.2, 0.25) is 8.32 Å². The number of hydrogen-bond donors (Lipinski definition) is 0. The number of rotatable bonds is 8. The Kier molecular flexibility index (Phi) is 8.10. The van der Waals surface area contributed by atoms with Gasteiger partial charge in [0.1, 0.15) is 6.10 Å². The third kappa shape index (κ3) is 5.96. The molecule has 142 valence electrons. The van der Waals surface area contributed by atoms with Gasteiger partial charge in [0.15, 0.2) is 0 Å². The van der Waals surface area contributed by atoms with Gasteiger partial charge in [-0.3, -0.25) is 0 Å². The largest absolute Gasteiger partial charge is 0.402 e. The van der Waals surface area contributed by atoms with Crippen LogP contribution in [0.5, 0.6) is 0 Å². The Morgan fingerprint density at radius 3 is 2.00 bits per heavy atom. The van der Waals surface area contributed by atoms with Crippen LogP contribution in [0.25, 0.3) is 0 Å². The van der Waals surface area contributed by atoms with Crippen molar-refractivity contribution in [1.29, 1.82) is 0 Å². The molecule has 0 N–H and O–H groups in total. The molecule has 2 aromatic rings. The summed E-state index contributed by atoms with van der Waals surface area (Å²) in [5.41, 5.74) is 3.31. The van der Waals surface area contributed by atoms with Gasteiger partial charge in [-0.1, -0.05) is 94.1 Å². The highest BCUT2D eigenvalue weighted by Gasteiger charge is 2.42. The van der Waals surface area contributed by atoms with Gasteiger partial charge in [0.25, 0.3) is 0 Å². The van der Waals surface area contributed by atoms with E-state index in [1.165, 1.54) is 5.56 Å².